The normalized spacial score (nSPS) is 24.0. The summed E-state index contributed by atoms with van der Waals surface area (Å²) in [6.45, 7) is 1.16. The summed E-state index contributed by atoms with van der Waals surface area (Å²) in [6.07, 6.45) is 0.631. The van der Waals surface area contributed by atoms with Gasteiger partial charge in [-0.05, 0) is 31.9 Å². The smallest absolute Gasteiger partial charge is 0.310 e. The SMILES string of the molecule is CC1(C(=O)O)CCCN(S(=O)(=O)c2c(F)cccc2F)C1. The first-order valence-electron chi connectivity index (χ1n) is 6.36. The van der Waals surface area contributed by atoms with Crippen molar-refractivity contribution in [3.63, 3.8) is 0 Å². The number of carbonyl (C=O) groups is 1. The largest absolute Gasteiger partial charge is 0.481 e. The van der Waals surface area contributed by atoms with Crippen molar-refractivity contribution in [2.75, 3.05) is 13.1 Å². The molecule has 1 aromatic carbocycles. The minimum absolute atomic E-state index is 0.0407. The van der Waals surface area contributed by atoms with Gasteiger partial charge in [-0.15, -0.1) is 0 Å². The van der Waals surface area contributed by atoms with E-state index in [0.717, 1.165) is 22.5 Å². The topological polar surface area (TPSA) is 74.7 Å². The molecule has 1 aliphatic rings. The van der Waals surface area contributed by atoms with Crippen LogP contribution in [-0.4, -0.2) is 36.9 Å². The molecule has 21 heavy (non-hydrogen) atoms. The Morgan fingerprint density at radius 2 is 1.90 bits per heavy atom. The van der Waals surface area contributed by atoms with E-state index in [1.165, 1.54) is 6.92 Å². The number of aliphatic carboxylic acids is 1. The fourth-order valence-electron chi connectivity index (χ4n) is 2.43. The zero-order valence-electron chi connectivity index (χ0n) is 11.3. The molecule has 5 nitrogen and oxygen atoms in total. The monoisotopic (exact) mass is 319 g/mol. The van der Waals surface area contributed by atoms with Crippen LogP contribution < -0.4 is 0 Å². The molecule has 0 aromatic heterocycles. The summed E-state index contributed by atoms with van der Waals surface area (Å²) in [5, 5.41) is 9.19. The molecule has 1 fully saturated rings. The summed E-state index contributed by atoms with van der Waals surface area (Å²) >= 11 is 0. The van der Waals surface area contributed by atoms with Gasteiger partial charge in [0.2, 0.25) is 10.0 Å². The zero-order valence-corrected chi connectivity index (χ0v) is 12.2. The van der Waals surface area contributed by atoms with Gasteiger partial charge in [0.15, 0.2) is 4.90 Å². The van der Waals surface area contributed by atoms with Crippen LogP contribution in [0.15, 0.2) is 23.1 Å². The quantitative estimate of drug-likeness (QED) is 0.922. The fourth-order valence-corrected chi connectivity index (χ4v) is 4.14. The average Bonchev–Trinajstić information content (AvgIpc) is 2.38. The van der Waals surface area contributed by atoms with Crippen molar-refractivity contribution in [1.82, 2.24) is 4.31 Å². The van der Waals surface area contributed by atoms with Crippen molar-refractivity contribution < 1.29 is 27.1 Å². The van der Waals surface area contributed by atoms with E-state index in [4.69, 9.17) is 0 Å². The number of carboxylic acid groups (broad SMARTS) is 1. The average molecular weight is 319 g/mol. The van der Waals surface area contributed by atoms with Gasteiger partial charge >= 0.3 is 5.97 Å². The lowest BCUT2D eigenvalue weighted by Gasteiger charge is -2.36. The summed E-state index contributed by atoms with van der Waals surface area (Å²) in [5.74, 6) is -3.49. The van der Waals surface area contributed by atoms with Crippen LogP contribution in [0, 0.1) is 17.0 Å². The summed E-state index contributed by atoms with van der Waals surface area (Å²) in [6, 6.07) is 2.79. The Labute approximate surface area is 121 Å². The lowest BCUT2D eigenvalue weighted by Crippen LogP contribution is -2.48. The molecule has 0 saturated carbocycles. The minimum Gasteiger partial charge on any atom is -0.481 e. The van der Waals surface area contributed by atoms with Crippen molar-refractivity contribution in [3.8, 4) is 0 Å². The number of sulfonamides is 1. The number of piperidine rings is 1. The Bertz CT molecular complexity index is 656. The summed E-state index contributed by atoms with van der Waals surface area (Å²) in [5.41, 5.74) is -1.26. The Kier molecular flexibility index (Phi) is 4.03. The molecule has 1 saturated heterocycles. The highest BCUT2D eigenvalue weighted by atomic mass is 32.2. The van der Waals surface area contributed by atoms with E-state index in [0.29, 0.717) is 12.8 Å². The van der Waals surface area contributed by atoms with Crippen LogP contribution in [0.2, 0.25) is 0 Å². The molecule has 1 heterocycles. The number of halogens is 2. The Morgan fingerprint density at radius 1 is 1.33 bits per heavy atom. The van der Waals surface area contributed by atoms with Crippen LogP contribution >= 0.6 is 0 Å². The van der Waals surface area contributed by atoms with E-state index in [-0.39, 0.29) is 13.1 Å². The minimum atomic E-state index is -4.41. The second kappa shape index (κ2) is 5.34. The molecule has 116 valence electrons. The summed E-state index contributed by atoms with van der Waals surface area (Å²) in [7, 11) is -4.41. The van der Waals surface area contributed by atoms with Crippen LogP contribution in [0.4, 0.5) is 8.78 Å². The number of carboxylic acids is 1. The van der Waals surface area contributed by atoms with Crippen molar-refractivity contribution in [2.24, 2.45) is 5.41 Å². The van der Waals surface area contributed by atoms with Crippen LogP contribution in [0.25, 0.3) is 0 Å². The standard InChI is InChI=1S/C13H15F2NO4S/c1-13(12(17)18)6-3-7-16(8-13)21(19,20)11-9(14)4-2-5-10(11)15/h2,4-5H,3,6-8H2,1H3,(H,17,18). The van der Waals surface area contributed by atoms with Gasteiger partial charge in [-0.3, -0.25) is 4.79 Å². The summed E-state index contributed by atoms with van der Waals surface area (Å²) < 4.78 is 53.0. The molecule has 0 radical (unpaired) electrons. The Hall–Kier alpha value is -1.54. The van der Waals surface area contributed by atoms with E-state index in [9.17, 15) is 27.1 Å². The highest BCUT2D eigenvalue weighted by Crippen LogP contribution is 2.33. The molecular formula is C13H15F2NO4S. The van der Waals surface area contributed by atoms with Gasteiger partial charge in [-0.2, -0.15) is 4.31 Å². The second-order valence-electron chi connectivity index (χ2n) is 5.36. The van der Waals surface area contributed by atoms with E-state index in [2.05, 4.69) is 0 Å². The van der Waals surface area contributed by atoms with Crippen molar-refractivity contribution >= 4 is 16.0 Å². The Morgan fingerprint density at radius 3 is 2.43 bits per heavy atom. The van der Waals surface area contributed by atoms with Gasteiger partial charge in [0.25, 0.3) is 0 Å². The van der Waals surface area contributed by atoms with Crippen LogP contribution in [0.3, 0.4) is 0 Å². The van der Waals surface area contributed by atoms with Crippen molar-refractivity contribution in [3.05, 3.63) is 29.8 Å². The van der Waals surface area contributed by atoms with E-state index in [1.807, 2.05) is 0 Å². The zero-order chi connectivity index (χ0) is 15.8. The predicted molar refractivity (Wildman–Crippen MR) is 70.1 cm³/mol. The first-order valence-corrected chi connectivity index (χ1v) is 7.80. The molecular weight excluding hydrogens is 304 g/mol. The van der Waals surface area contributed by atoms with E-state index < -0.39 is 37.9 Å². The van der Waals surface area contributed by atoms with Crippen LogP contribution in [0.1, 0.15) is 19.8 Å². The molecule has 0 spiro atoms. The third-order valence-electron chi connectivity index (χ3n) is 3.69. The predicted octanol–water partition coefficient (Wildman–Crippen LogP) is 1.84. The molecule has 1 N–H and O–H groups in total. The third kappa shape index (κ3) is 2.77. The number of hydrogen-bond donors (Lipinski definition) is 1. The van der Waals surface area contributed by atoms with Gasteiger partial charge in [0.1, 0.15) is 11.6 Å². The fraction of sp³-hybridized carbons (Fsp3) is 0.462. The third-order valence-corrected chi connectivity index (χ3v) is 5.59. The van der Waals surface area contributed by atoms with Crippen LogP contribution in [0.5, 0.6) is 0 Å². The van der Waals surface area contributed by atoms with Gasteiger partial charge in [0.05, 0.1) is 5.41 Å². The number of nitrogens with zero attached hydrogens (tertiary/aromatic N) is 1. The lowest BCUT2D eigenvalue weighted by molar-refractivity contribution is -0.150. The number of rotatable bonds is 3. The van der Waals surface area contributed by atoms with Crippen molar-refractivity contribution in [2.45, 2.75) is 24.7 Å². The molecule has 1 aromatic rings. The molecule has 0 aliphatic carbocycles. The molecule has 1 unspecified atom stereocenters. The maximum absolute atomic E-state index is 13.7. The maximum atomic E-state index is 13.7. The number of hydrogen-bond acceptors (Lipinski definition) is 3. The number of benzene rings is 1. The first-order chi connectivity index (χ1) is 9.68. The van der Waals surface area contributed by atoms with E-state index in [1.54, 1.807) is 0 Å². The molecule has 1 atom stereocenters. The summed E-state index contributed by atoms with van der Waals surface area (Å²) in [4.78, 5) is 10.2. The molecule has 8 heteroatoms. The Balaban J connectivity index is 2.43. The maximum Gasteiger partial charge on any atom is 0.310 e. The van der Waals surface area contributed by atoms with Gasteiger partial charge < -0.3 is 5.11 Å². The van der Waals surface area contributed by atoms with Crippen molar-refractivity contribution in [1.29, 1.82) is 0 Å². The second-order valence-corrected chi connectivity index (χ2v) is 7.23. The molecule has 0 amide bonds. The van der Waals surface area contributed by atoms with Gasteiger partial charge in [-0.1, -0.05) is 6.07 Å². The van der Waals surface area contributed by atoms with Gasteiger partial charge in [-0.25, -0.2) is 17.2 Å². The lowest BCUT2D eigenvalue weighted by atomic mass is 9.83. The molecule has 0 bridgehead atoms. The molecule has 1 aliphatic heterocycles. The highest BCUT2D eigenvalue weighted by molar-refractivity contribution is 7.89. The van der Waals surface area contributed by atoms with Gasteiger partial charge in [0, 0.05) is 13.1 Å². The van der Waals surface area contributed by atoms with Crippen LogP contribution in [-0.2, 0) is 14.8 Å². The first kappa shape index (κ1) is 15.8. The molecule has 2 rings (SSSR count). The van der Waals surface area contributed by atoms with E-state index >= 15 is 0 Å². The highest BCUT2D eigenvalue weighted by Gasteiger charge is 2.43.